The molecule has 2 aromatic rings. The molecule has 0 aromatic carbocycles. The van der Waals surface area contributed by atoms with Crippen molar-refractivity contribution in [1.82, 2.24) is 14.9 Å². The minimum absolute atomic E-state index is 0.0587. The Morgan fingerprint density at radius 3 is 2.89 bits per heavy atom. The molecule has 5 heteroatoms. The van der Waals surface area contributed by atoms with Crippen molar-refractivity contribution in [2.24, 2.45) is 0 Å². The van der Waals surface area contributed by atoms with Crippen molar-refractivity contribution in [3.8, 4) is 0 Å². The average molecular weight is 264 g/mol. The lowest BCUT2D eigenvalue weighted by atomic mass is 10.1. The third-order valence-corrected chi connectivity index (χ3v) is 2.80. The SMILES string of the molecule is Cc1nc(Cl)cc2c(C(=O)C=CN(C)C)c[nH]c12. The number of nitrogens with zero attached hydrogens (tertiary/aromatic N) is 2. The first-order chi connectivity index (χ1) is 8.49. The van der Waals surface area contributed by atoms with Crippen LogP contribution < -0.4 is 0 Å². The third kappa shape index (κ3) is 2.38. The second-order valence-electron chi connectivity index (χ2n) is 4.30. The van der Waals surface area contributed by atoms with Gasteiger partial charge in [0.25, 0.3) is 0 Å². The standard InChI is InChI=1S/C13H14ClN3O/c1-8-13-9(6-12(14)16-8)10(7-15-13)11(18)4-5-17(2)3/h4-7,15H,1-3H3. The lowest BCUT2D eigenvalue weighted by molar-refractivity contribution is 0.104. The molecule has 2 aromatic heterocycles. The van der Waals surface area contributed by atoms with Crippen LogP contribution in [0.15, 0.2) is 24.5 Å². The summed E-state index contributed by atoms with van der Waals surface area (Å²) in [7, 11) is 3.73. The average Bonchev–Trinajstić information content (AvgIpc) is 2.69. The number of ketones is 1. The highest BCUT2D eigenvalue weighted by molar-refractivity contribution is 6.30. The monoisotopic (exact) mass is 263 g/mol. The summed E-state index contributed by atoms with van der Waals surface area (Å²) in [6.07, 6.45) is 4.95. The number of halogens is 1. The van der Waals surface area contributed by atoms with Gasteiger partial charge in [0.1, 0.15) is 5.15 Å². The molecule has 2 rings (SSSR count). The van der Waals surface area contributed by atoms with Crippen molar-refractivity contribution in [3.05, 3.63) is 40.9 Å². The molecule has 0 saturated heterocycles. The predicted octanol–water partition coefficient (Wildman–Crippen LogP) is 2.78. The van der Waals surface area contributed by atoms with Gasteiger partial charge in [-0.3, -0.25) is 4.79 Å². The zero-order valence-corrected chi connectivity index (χ0v) is 11.2. The number of fused-ring (bicyclic) bond motifs is 1. The van der Waals surface area contributed by atoms with Crippen molar-refractivity contribution >= 4 is 28.3 Å². The Hall–Kier alpha value is -1.81. The van der Waals surface area contributed by atoms with Crippen LogP contribution in [-0.4, -0.2) is 34.7 Å². The molecule has 2 heterocycles. The molecule has 1 N–H and O–H groups in total. The van der Waals surface area contributed by atoms with E-state index in [-0.39, 0.29) is 5.78 Å². The summed E-state index contributed by atoms with van der Waals surface area (Å²) < 4.78 is 0. The van der Waals surface area contributed by atoms with E-state index >= 15 is 0 Å². The quantitative estimate of drug-likeness (QED) is 0.526. The van der Waals surface area contributed by atoms with Crippen molar-refractivity contribution in [2.75, 3.05) is 14.1 Å². The molecule has 18 heavy (non-hydrogen) atoms. The van der Waals surface area contributed by atoms with E-state index in [1.807, 2.05) is 25.9 Å². The van der Waals surface area contributed by atoms with Crippen LogP contribution in [0.3, 0.4) is 0 Å². The molecule has 0 aliphatic rings. The minimum atomic E-state index is -0.0587. The van der Waals surface area contributed by atoms with E-state index in [9.17, 15) is 4.79 Å². The number of hydrogen-bond donors (Lipinski definition) is 1. The number of nitrogens with one attached hydrogen (secondary N) is 1. The molecule has 0 spiro atoms. The predicted molar refractivity (Wildman–Crippen MR) is 73.0 cm³/mol. The van der Waals surface area contributed by atoms with E-state index in [0.29, 0.717) is 10.7 Å². The number of aromatic amines is 1. The van der Waals surface area contributed by atoms with E-state index in [0.717, 1.165) is 16.6 Å². The van der Waals surface area contributed by atoms with Gasteiger partial charge in [-0.15, -0.1) is 0 Å². The Kier molecular flexibility index (Phi) is 3.39. The van der Waals surface area contributed by atoms with Crippen LogP contribution in [0.4, 0.5) is 0 Å². The van der Waals surface area contributed by atoms with Gasteiger partial charge in [0, 0.05) is 43.5 Å². The van der Waals surface area contributed by atoms with Crippen molar-refractivity contribution in [2.45, 2.75) is 6.92 Å². The molecule has 0 aliphatic heterocycles. The Morgan fingerprint density at radius 1 is 1.50 bits per heavy atom. The van der Waals surface area contributed by atoms with Gasteiger partial charge in [0.05, 0.1) is 11.2 Å². The van der Waals surface area contributed by atoms with Crippen molar-refractivity contribution in [1.29, 1.82) is 0 Å². The number of aryl methyl sites for hydroxylation is 1. The van der Waals surface area contributed by atoms with Crippen LogP contribution in [-0.2, 0) is 0 Å². The Labute approximate surface area is 110 Å². The molecule has 0 bridgehead atoms. The number of allylic oxidation sites excluding steroid dienone is 1. The summed E-state index contributed by atoms with van der Waals surface area (Å²) in [6.45, 7) is 1.86. The van der Waals surface area contributed by atoms with Crippen LogP contribution in [0.1, 0.15) is 16.1 Å². The fourth-order valence-corrected chi connectivity index (χ4v) is 2.00. The van der Waals surface area contributed by atoms with Crippen LogP contribution in [0, 0.1) is 6.92 Å². The largest absolute Gasteiger partial charge is 0.383 e. The third-order valence-electron chi connectivity index (χ3n) is 2.61. The second kappa shape index (κ2) is 4.82. The van der Waals surface area contributed by atoms with Gasteiger partial charge in [0.15, 0.2) is 5.78 Å². The topological polar surface area (TPSA) is 49.0 Å². The summed E-state index contributed by atoms with van der Waals surface area (Å²) >= 11 is 5.92. The molecule has 0 saturated carbocycles. The zero-order chi connectivity index (χ0) is 13.3. The fraction of sp³-hybridized carbons (Fsp3) is 0.231. The maximum atomic E-state index is 12.0. The van der Waals surface area contributed by atoms with Crippen LogP contribution in [0.25, 0.3) is 10.9 Å². The van der Waals surface area contributed by atoms with Crippen molar-refractivity contribution < 1.29 is 4.79 Å². The molecule has 0 fully saturated rings. The lowest BCUT2D eigenvalue weighted by Gasteiger charge is -2.02. The van der Waals surface area contributed by atoms with E-state index < -0.39 is 0 Å². The summed E-state index contributed by atoms with van der Waals surface area (Å²) in [5.74, 6) is -0.0587. The number of hydrogen-bond acceptors (Lipinski definition) is 3. The molecule has 0 radical (unpaired) electrons. The Balaban J connectivity index is 2.49. The van der Waals surface area contributed by atoms with Gasteiger partial charge in [0.2, 0.25) is 0 Å². The molecule has 0 aliphatic carbocycles. The summed E-state index contributed by atoms with van der Waals surface area (Å²) in [6, 6.07) is 1.71. The van der Waals surface area contributed by atoms with Gasteiger partial charge >= 0.3 is 0 Å². The zero-order valence-electron chi connectivity index (χ0n) is 10.5. The highest BCUT2D eigenvalue weighted by atomic mass is 35.5. The summed E-state index contributed by atoms with van der Waals surface area (Å²) in [5.41, 5.74) is 2.24. The molecular formula is C13H14ClN3O. The number of H-pyrrole nitrogens is 1. The summed E-state index contributed by atoms with van der Waals surface area (Å²) in [5, 5.41) is 1.20. The molecule has 94 valence electrons. The molecule has 0 atom stereocenters. The van der Waals surface area contributed by atoms with E-state index in [1.165, 1.54) is 6.08 Å². The number of aromatic nitrogens is 2. The van der Waals surface area contributed by atoms with Crippen LogP contribution in [0.2, 0.25) is 5.15 Å². The van der Waals surface area contributed by atoms with Gasteiger partial charge in [-0.05, 0) is 13.0 Å². The van der Waals surface area contributed by atoms with Crippen molar-refractivity contribution in [3.63, 3.8) is 0 Å². The van der Waals surface area contributed by atoms with E-state index in [2.05, 4.69) is 9.97 Å². The molecule has 0 unspecified atom stereocenters. The number of carbonyl (C=O) groups excluding carboxylic acids is 1. The van der Waals surface area contributed by atoms with Gasteiger partial charge in [-0.2, -0.15) is 0 Å². The molecule has 4 nitrogen and oxygen atoms in total. The first-order valence-electron chi connectivity index (χ1n) is 5.52. The summed E-state index contributed by atoms with van der Waals surface area (Å²) in [4.78, 5) is 21.1. The molecule has 0 amide bonds. The normalized spacial score (nSPS) is 11.3. The minimum Gasteiger partial charge on any atom is -0.383 e. The van der Waals surface area contributed by atoms with Gasteiger partial charge < -0.3 is 9.88 Å². The first-order valence-corrected chi connectivity index (χ1v) is 5.90. The van der Waals surface area contributed by atoms with Crippen LogP contribution >= 0.6 is 11.6 Å². The lowest BCUT2D eigenvalue weighted by Crippen LogP contribution is -2.02. The van der Waals surface area contributed by atoms with Gasteiger partial charge in [-0.1, -0.05) is 11.6 Å². The maximum Gasteiger partial charge on any atom is 0.189 e. The fourth-order valence-electron chi connectivity index (χ4n) is 1.76. The number of carbonyl (C=O) groups is 1. The number of rotatable bonds is 3. The second-order valence-corrected chi connectivity index (χ2v) is 4.69. The highest BCUT2D eigenvalue weighted by Gasteiger charge is 2.12. The van der Waals surface area contributed by atoms with E-state index in [1.54, 1.807) is 18.5 Å². The van der Waals surface area contributed by atoms with Crippen LogP contribution in [0.5, 0.6) is 0 Å². The maximum absolute atomic E-state index is 12.0. The van der Waals surface area contributed by atoms with E-state index in [4.69, 9.17) is 11.6 Å². The first kappa shape index (κ1) is 12.6. The Bertz CT molecular complexity index is 628. The van der Waals surface area contributed by atoms with Gasteiger partial charge in [-0.25, -0.2) is 4.98 Å². The smallest absolute Gasteiger partial charge is 0.189 e. The molecular weight excluding hydrogens is 250 g/mol. The number of pyridine rings is 1. The highest BCUT2D eigenvalue weighted by Crippen LogP contribution is 2.24. The Morgan fingerprint density at radius 2 is 2.22 bits per heavy atom.